The third-order valence-corrected chi connectivity index (χ3v) is 4.04. The Kier molecular flexibility index (Phi) is 4.62. The van der Waals surface area contributed by atoms with Gasteiger partial charge < -0.3 is 11.1 Å². The average molecular weight is 343 g/mol. The lowest BCUT2D eigenvalue weighted by Crippen LogP contribution is -2.10. The maximum atomic E-state index is 13.8. The molecule has 2 aromatic carbocycles. The quantitative estimate of drug-likeness (QED) is 0.675. The Balaban J connectivity index is 1.95. The van der Waals surface area contributed by atoms with E-state index in [-0.39, 0.29) is 11.7 Å². The molecule has 0 bridgehead atoms. The van der Waals surface area contributed by atoms with Crippen LogP contribution in [0.3, 0.4) is 0 Å². The lowest BCUT2D eigenvalue weighted by molar-refractivity contribution is 0.633. The molecule has 1 unspecified atom stereocenters. The Hall–Kier alpha value is -2.66. The minimum absolute atomic E-state index is 0.0900. The second-order valence-corrected chi connectivity index (χ2v) is 5.78. The Labute approximate surface area is 144 Å². The van der Waals surface area contributed by atoms with Crippen LogP contribution in [0.15, 0.2) is 54.9 Å². The van der Waals surface area contributed by atoms with Crippen molar-refractivity contribution in [3.05, 3.63) is 71.3 Å². The molecule has 0 saturated heterocycles. The third-order valence-electron chi connectivity index (χ3n) is 3.70. The van der Waals surface area contributed by atoms with Crippen LogP contribution in [0.5, 0.6) is 0 Å². The number of nitrogens with zero attached hydrogens (tertiary/aromatic N) is 2. The summed E-state index contributed by atoms with van der Waals surface area (Å²) in [5.74, 6) is 0.0670. The van der Waals surface area contributed by atoms with Gasteiger partial charge in [-0.2, -0.15) is 0 Å². The number of benzene rings is 2. The molecule has 0 fully saturated rings. The maximum absolute atomic E-state index is 13.8. The number of rotatable bonds is 4. The lowest BCUT2D eigenvalue weighted by atomic mass is 10.1. The smallest absolute Gasteiger partial charge is 0.153 e. The number of hydrogen-bond donors (Lipinski definition) is 2. The van der Waals surface area contributed by atoms with Gasteiger partial charge in [-0.3, -0.25) is 4.98 Å². The molecule has 3 aromatic rings. The number of nitrogens with one attached hydrogen (secondary N) is 1. The van der Waals surface area contributed by atoms with Crippen molar-refractivity contribution in [1.82, 2.24) is 9.97 Å². The van der Waals surface area contributed by atoms with Gasteiger partial charge in [0, 0.05) is 23.0 Å². The molecular formula is C18H16ClFN4. The van der Waals surface area contributed by atoms with Gasteiger partial charge in [0.2, 0.25) is 0 Å². The minimum atomic E-state index is -0.483. The number of halogens is 2. The van der Waals surface area contributed by atoms with Crippen molar-refractivity contribution in [1.29, 1.82) is 0 Å². The topological polar surface area (TPSA) is 63.8 Å². The molecule has 1 aromatic heterocycles. The molecule has 3 N–H and O–H groups in total. The van der Waals surface area contributed by atoms with Crippen molar-refractivity contribution >= 4 is 23.1 Å². The van der Waals surface area contributed by atoms with Crippen LogP contribution in [0.25, 0.3) is 11.3 Å². The van der Waals surface area contributed by atoms with Crippen molar-refractivity contribution < 1.29 is 4.39 Å². The molecule has 1 heterocycles. The van der Waals surface area contributed by atoms with Gasteiger partial charge in [-0.15, -0.1) is 0 Å². The predicted molar refractivity (Wildman–Crippen MR) is 95.3 cm³/mol. The second kappa shape index (κ2) is 6.84. The fourth-order valence-electron chi connectivity index (χ4n) is 2.44. The van der Waals surface area contributed by atoms with E-state index in [0.29, 0.717) is 22.1 Å². The molecule has 0 saturated carbocycles. The summed E-state index contributed by atoms with van der Waals surface area (Å²) in [6.45, 7) is 1.98. The summed E-state index contributed by atoms with van der Waals surface area (Å²) < 4.78 is 13.8. The Morgan fingerprint density at radius 2 is 1.88 bits per heavy atom. The van der Waals surface area contributed by atoms with Crippen molar-refractivity contribution in [2.75, 3.05) is 11.1 Å². The van der Waals surface area contributed by atoms with Crippen LogP contribution in [-0.2, 0) is 0 Å². The zero-order valence-corrected chi connectivity index (χ0v) is 13.8. The molecule has 0 aliphatic carbocycles. The Morgan fingerprint density at radius 1 is 1.12 bits per heavy atom. The van der Waals surface area contributed by atoms with Crippen LogP contribution in [-0.4, -0.2) is 9.97 Å². The molecule has 0 aliphatic rings. The SMILES string of the molecule is CC(Nc1nccnc1-c1ccc(N)c(F)c1)c1ccccc1Cl. The van der Waals surface area contributed by atoms with E-state index in [0.717, 1.165) is 5.56 Å². The maximum Gasteiger partial charge on any atom is 0.153 e. The first-order valence-electron chi connectivity index (χ1n) is 7.43. The monoisotopic (exact) mass is 342 g/mol. The van der Waals surface area contributed by atoms with E-state index < -0.39 is 5.82 Å². The van der Waals surface area contributed by atoms with Crippen LogP contribution in [0.2, 0.25) is 5.02 Å². The van der Waals surface area contributed by atoms with E-state index in [1.165, 1.54) is 12.1 Å². The summed E-state index contributed by atoms with van der Waals surface area (Å²) in [4.78, 5) is 8.66. The molecular weight excluding hydrogens is 327 g/mol. The van der Waals surface area contributed by atoms with Crippen molar-refractivity contribution in [2.45, 2.75) is 13.0 Å². The third kappa shape index (κ3) is 3.31. The summed E-state index contributed by atoms with van der Waals surface area (Å²) in [5.41, 5.74) is 7.73. The van der Waals surface area contributed by atoms with Crippen molar-refractivity contribution in [3.8, 4) is 11.3 Å². The molecule has 0 spiro atoms. The molecule has 6 heteroatoms. The Morgan fingerprint density at radius 3 is 2.62 bits per heavy atom. The normalized spacial score (nSPS) is 12.0. The van der Waals surface area contributed by atoms with Gasteiger partial charge in [0.15, 0.2) is 5.82 Å². The average Bonchev–Trinajstić information content (AvgIpc) is 2.58. The number of nitrogen functional groups attached to an aromatic ring is 1. The van der Waals surface area contributed by atoms with Crippen molar-refractivity contribution in [3.63, 3.8) is 0 Å². The highest BCUT2D eigenvalue weighted by Gasteiger charge is 2.14. The molecule has 24 heavy (non-hydrogen) atoms. The summed E-state index contributed by atoms with van der Waals surface area (Å²) in [6, 6.07) is 12.1. The molecule has 0 aliphatic heterocycles. The van der Waals surface area contributed by atoms with E-state index in [1.54, 1.807) is 18.5 Å². The highest BCUT2D eigenvalue weighted by atomic mass is 35.5. The number of hydrogen-bond acceptors (Lipinski definition) is 4. The molecule has 3 rings (SSSR count). The first-order chi connectivity index (χ1) is 11.6. The second-order valence-electron chi connectivity index (χ2n) is 5.38. The molecule has 0 radical (unpaired) electrons. The zero-order chi connectivity index (χ0) is 17.1. The molecule has 1 atom stereocenters. The molecule has 122 valence electrons. The fourth-order valence-corrected chi connectivity index (χ4v) is 2.74. The zero-order valence-electron chi connectivity index (χ0n) is 13.0. The molecule has 0 amide bonds. The van der Waals surface area contributed by atoms with E-state index in [1.807, 2.05) is 31.2 Å². The summed E-state index contributed by atoms with van der Waals surface area (Å²) in [5, 5.41) is 3.96. The van der Waals surface area contributed by atoms with Crippen LogP contribution >= 0.6 is 11.6 Å². The number of anilines is 2. The molecule has 4 nitrogen and oxygen atoms in total. The van der Waals surface area contributed by atoms with Gasteiger partial charge in [-0.25, -0.2) is 9.37 Å². The first-order valence-corrected chi connectivity index (χ1v) is 7.81. The fraction of sp³-hybridized carbons (Fsp3) is 0.111. The van der Waals surface area contributed by atoms with Crippen molar-refractivity contribution in [2.24, 2.45) is 0 Å². The van der Waals surface area contributed by atoms with Gasteiger partial charge in [-0.1, -0.05) is 35.9 Å². The number of nitrogens with two attached hydrogens (primary N) is 1. The highest BCUT2D eigenvalue weighted by molar-refractivity contribution is 6.31. The van der Waals surface area contributed by atoms with E-state index in [9.17, 15) is 4.39 Å². The van der Waals surface area contributed by atoms with E-state index in [4.69, 9.17) is 17.3 Å². The van der Waals surface area contributed by atoms with Gasteiger partial charge >= 0.3 is 0 Å². The van der Waals surface area contributed by atoms with Gasteiger partial charge in [0.1, 0.15) is 11.5 Å². The van der Waals surface area contributed by atoms with E-state index in [2.05, 4.69) is 15.3 Å². The lowest BCUT2D eigenvalue weighted by Gasteiger charge is -2.18. The van der Waals surface area contributed by atoms with Crippen LogP contribution < -0.4 is 11.1 Å². The highest BCUT2D eigenvalue weighted by Crippen LogP contribution is 2.30. The van der Waals surface area contributed by atoms with Gasteiger partial charge in [-0.05, 0) is 30.7 Å². The standard InChI is InChI=1S/C18H16ClFN4/c1-11(13-4-2-3-5-14(13)19)24-18-17(22-8-9-23-18)12-6-7-16(21)15(20)10-12/h2-11H,21H2,1H3,(H,23,24). The first kappa shape index (κ1) is 16.2. The summed E-state index contributed by atoms with van der Waals surface area (Å²) in [7, 11) is 0. The van der Waals surface area contributed by atoms with Crippen LogP contribution in [0.4, 0.5) is 15.9 Å². The largest absolute Gasteiger partial charge is 0.396 e. The van der Waals surface area contributed by atoms with Gasteiger partial charge in [0.05, 0.1) is 11.7 Å². The summed E-state index contributed by atoms with van der Waals surface area (Å²) in [6.07, 6.45) is 3.15. The van der Waals surface area contributed by atoms with Gasteiger partial charge in [0.25, 0.3) is 0 Å². The Bertz CT molecular complexity index is 869. The van der Waals surface area contributed by atoms with E-state index >= 15 is 0 Å². The summed E-state index contributed by atoms with van der Waals surface area (Å²) >= 11 is 6.24. The van der Waals surface area contributed by atoms with Crippen LogP contribution in [0.1, 0.15) is 18.5 Å². The van der Waals surface area contributed by atoms with Crippen LogP contribution in [0, 0.1) is 5.82 Å². The number of aromatic nitrogens is 2. The minimum Gasteiger partial charge on any atom is -0.396 e. The predicted octanol–water partition coefficient (Wildman–Crippen LogP) is 4.69.